The lowest BCUT2D eigenvalue weighted by Crippen LogP contribution is -2.39. The molecule has 1 aliphatic rings. The number of hydrogen-bond acceptors (Lipinski definition) is 3. The first-order chi connectivity index (χ1) is 9.25. The summed E-state index contributed by atoms with van der Waals surface area (Å²) in [6, 6.07) is 7.25. The second-order valence-electron chi connectivity index (χ2n) is 4.62. The van der Waals surface area contributed by atoms with Gasteiger partial charge in [0, 0.05) is 10.9 Å². The molecule has 2 N–H and O–H groups in total. The highest BCUT2D eigenvalue weighted by atomic mass is 35.5. The predicted octanol–water partition coefficient (Wildman–Crippen LogP) is 1.83. The molecule has 0 bridgehead atoms. The molecule has 0 aromatic heterocycles. The van der Waals surface area contributed by atoms with Crippen molar-refractivity contribution in [2.45, 2.75) is 12.8 Å². The van der Waals surface area contributed by atoms with Crippen LogP contribution >= 0.6 is 11.6 Å². The third kappa shape index (κ3) is 4.73. The minimum Gasteiger partial charge on any atom is -0.492 e. The van der Waals surface area contributed by atoms with Gasteiger partial charge in [-0.2, -0.15) is 0 Å². The second kappa shape index (κ2) is 7.36. The number of amides is 1. The molecule has 2 rings (SSSR count). The van der Waals surface area contributed by atoms with Crippen LogP contribution in [0.2, 0.25) is 5.02 Å². The van der Waals surface area contributed by atoms with Crippen LogP contribution in [0.25, 0.3) is 0 Å². The van der Waals surface area contributed by atoms with Gasteiger partial charge in [0.2, 0.25) is 5.91 Å². The van der Waals surface area contributed by atoms with Crippen molar-refractivity contribution in [3.8, 4) is 5.75 Å². The Morgan fingerprint density at radius 3 is 2.95 bits per heavy atom. The molecule has 1 fully saturated rings. The number of hydrogen-bond donors (Lipinski definition) is 2. The van der Waals surface area contributed by atoms with Crippen LogP contribution in [0.1, 0.15) is 12.8 Å². The maximum absolute atomic E-state index is 11.8. The summed E-state index contributed by atoms with van der Waals surface area (Å²) in [6.07, 6.45) is 1.84. The van der Waals surface area contributed by atoms with E-state index in [-0.39, 0.29) is 11.8 Å². The molecule has 0 aliphatic carbocycles. The number of nitrogens with one attached hydrogen (secondary N) is 2. The number of ether oxygens (including phenoxy) is 1. The van der Waals surface area contributed by atoms with E-state index in [1.165, 1.54) is 0 Å². The second-order valence-corrected chi connectivity index (χ2v) is 5.06. The summed E-state index contributed by atoms with van der Waals surface area (Å²) in [5.74, 6) is 1.01. The molecule has 0 spiro atoms. The molecule has 1 amide bonds. The summed E-state index contributed by atoms with van der Waals surface area (Å²) in [5, 5.41) is 6.81. The maximum Gasteiger partial charge on any atom is 0.223 e. The fourth-order valence-electron chi connectivity index (χ4n) is 2.13. The molecule has 0 radical (unpaired) electrons. The van der Waals surface area contributed by atoms with Gasteiger partial charge in [-0.15, -0.1) is 0 Å². The van der Waals surface area contributed by atoms with E-state index in [9.17, 15) is 4.79 Å². The van der Waals surface area contributed by atoms with Gasteiger partial charge in [0.25, 0.3) is 0 Å². The van der Waals surface area contributed by atoms with Crippen LogP contribution in [0.3, 0.4) is 0 Å². The van der Waals surface area contributed by atoms with Gasteiger partial charge < -0.3 is 15.4 Å². The van der Waals surface area contributed by atoms with Crippen LogP contribution < -0.4 is 15.4 Å². The summed E-state index contributed by atoms with van der Waals surface area (Å²) in [5.41, 5.74) is 0. The average Bonchev–Trinajstić information content (AvgIpc) is 2.44. The number of halogens is 1. The van der Waals surface area contributed by atoms with Crippen molar-refractivity contribution in [1.29, 1.82) is 0 Å². The van der Waals surface area contributed by atoms with Crippen molar-refractivity contribution in [3.63, 3.8) is 0 Å². The van der Waals surface area contributed by atoms with Gasteiger partial charge in [-0.25, -0.2) is 0 Å². The fourth-order valence-corrected chi connectivity index (χ4v) is 2.31. The average molecular weight is 283 g/mol. The van der Waals surface area contributed by atoms with Gasteiger partial charge in [-0.1, -0.05) is 17.7 Å². The molecule has 1 aromatic carbocycles. The molecule has 19 heavy (non-hydrogen) atoms. The van der Waals surface area contributed by atoms with Crippen molar-refractivity contribution in [2.75, 3.05) is 26.2 Å². The lowest BCUT2D eigenvalue weighted by molar-refractivity contribution is -0.125. The normalized spacial score (nSPS) is 16.1. The SMILES string of the molecule is O=C(NCCOc1cccc(Cl)c1)C1CCNCC1. The van der Waals surface area contributed by atoms with Crippen LogP contribution in [-0.4, -0.2) is 32.1 Å². The van der Waals surface area contributed by atoms with Crippen molar-refractivity contribution in [3.05, 3.63) is 29.3 Å². The Morgan fingerprint density at radius 2 is 2.21 bits per heavy atom. The summed E-state index contributed by atoms with van der Waals surface area (Å²) in [4.78, 5) is 11.8. The molecule has 1 heterocycles. The van der Waals surface area contributed by atoms with Gasteiger partial charge in [-0.05, 0) is 44.1 Å². The molecular weight excluding hydrogens is 264 g/mol. The Hall–Kier alpha value is -1.26. The summed E-state index contributed by atoms with van der Waals surface area (Å²) in [7, 11) is 0. The first-order valence-corrected chi connectivity index (χ1v) is 7.00. The van der Waals surface area contributed by atoms with Gasteiger partial charge in [0.1, 0.15) is 12.4 Å². The third-order valence-corrected chi connectivity index (χ3v) is 3.41. The quantitative estimate of drug-likeness (QED) is 0.810. The number of rotatable bonds is 5. The predicted molar refractivity (Wildman–Crippen MR) is 75.6 cm³/mol. The number of piperidine rings is 1. The van der Waals surface area contributed by atoms with Gasteiger partial charge in [0.15, 0.2) is 0 Å². The number of carbonyl (C=O) groups excluding carboxylic acids is 1. The van der Waals surface area contributed by atoms with E-state index >= 15 is 0 Å². The monoisotopic (exact) mass is 282 g/mol. The molecule has 0 saturated carbocycles. The molecule has 5 heteroatoms. The van der Waals surface area contributed by atoms with E-state index in [0.29, 0.717) is 18.2 Å². The van der Waals surface area contributed by atoms with Crippen LogP contribution in [-0.2, 0) is 4.79 Å². The minimum absolute atomic E-state index is 0.135. The van der Waals surface area contributed by atoms with Crippen LogP contribution in [0.5, 0.6) is 5.75 Å². The Kier molecular flexibility index (Phi) is 5.48. The van der Waals surface area contributed by atoms with Gasteiger partial charge in [-0.3, -0.25) is 4.79 Å². The summed E-state index contributed by atoms with van der Waals surface area (Å²) >= 11 is 5.85. The van der Waals surface area contributed by atoms with Crippen molar-refractivity contribution < 1.29 is 9.53 Å². The highest BCUT2D eigenvalue weighted by Crippen LogP contribution is 2.16. The highest BCUT2D eigenvalue weighted by molar-refractivity contribution is 6.30. The van der Waals surface area contributed by atoms with Crippen LogP contribution in [0.4, 0.5) is 0 Å². The lowest BCUT2D eigenvalue weighted by Gasteiger charge is -2.21. The number of benzene rings is 1. The first-order valence-electron chi connectivity index (χ1n) is 6.62. The van der Waals surface area contributed by atoms with Crippen molar-refractivity contribution in [1.82, 2.24) is 10.6 Å². The molecular formula is C14H19ClN2O2. The topological polar surface area (TPSA) is 50.4 Å². The van der Waals surface area contributed by atoms with Crippen molar-refractivity contribution in [2.24, 2.45) is 5.92 Å². The number of carbonyl (C=O) groups is 1. The molecule has 0 atom stereocenters. The van der Waals surface area contributed by atoms with E-state index in [2.05, 4.69) is 10.6 Å². The van der Waals surface area contributed by atoms with Gasteiger partial charge >= 0.3 is 0 Å². The van der Waals surface area contributed by atoms with E-state index in [1.807, 2.05) is 12.1 Å². The molecule has 1 saturated heterocycles. The largest absolute Gasteiger partial charge is 0.492 e. The Bertz CT molecular complexity index is 420. The maximum atomic E-state index is 11.8. The zero-order valence-corrected chi connectivity index (χ0v) is 11.6. The van der Waals surface area contributed by atoms with E-state index in [1.54, 1.807) is 12.1 Å². The van der Waals surface area contributed by atoms with E-state index in [0.717, 1.165) is 31.7 Å². The summed E-state index contributed by atoms with van der Waals surface area (Å²) < 4.78 is 5.51. The lowest BCUT2D eigenvalue weighted by atomic mass is 9.97. The van der Waals surface area contributed by atoms with E-state index < -0.39 is 0 Å². The zero-order chi connectivity index (χ0) is 13.5. The minimum atomic E-state index is 0.135. The molecule has 1 aliphatic heterocycles. The van der Waals surface area contributed by atoms with Crippen LogP contribution in [0.15, 0.2) is 24.3 Å². The van der Waals surface area contributed by atoms with Crippen LogP contribution in [0, 0.1) is 5.92 Å². The molecule has 4 nitrogen and oxygen atoms in total. The zero-order valence-electron chi connectivity index (χ0n) is 10.8. The fraction of sp³-hybridized carbons (Fsp3) is 0.500. The van der Waals surface area contributed by atoms with Crippen molar-refractivity contribution >= 4 is 17.5 Å². The molecule has 104 valence electrons. The van der Waals surface area contributed by atoms with Gasteiger partial charge in [0.05, 0.1) is 6.54 Å². The Balaban J connectivity index is 1.65. The Morgan fingerprint density at radius 1 is 1.42 bits per heavy atom. The highest BCUT2D eigenvalue weighted by Gasteiger charge is 2.20. The third-order valence-electron chi connectivity index (χ3n) is 3.18. The first kappa shape index (κ1) is 14.2. The molecule has 1 aromatic rings. The van der Waals surface area contributed by atoms with E-state index in [4.69, 9.17) is 16.3 Å². The molecule has 0 unspecified atom stereocenters. The smallest absolute Gasteiger partial charge is 0.223 e. The summed E-state index contributed by atoms with van der Waals surface area (Å²) in [6.45, 7) is 2.83. The standard InChI is InChI=1S/C14H19ClN2O2/c15-12-2-1-3-13(10-12)19-9-8-17-14(18)11-4-6-16-7-5-11/h1-3,10-11,16H,4-9H2,(H,17,18). The Labute approximate surface area is 118 Å².